The number of esters is 1. The van der Waals surface area contributed by atoms with Gasteiger partial charge in [-0.15, -0.1) is 11.8 Å². The third-order valence-electron chi connectivity index (χ3n) is 3.21. The van der Waals surface area contributed by atoms with Crippen LogP contribution in [0.3, 0.4) is 0 Å². The average Bonchev–Trinajstić information content (AvgIpc) is 2.37. The van der Waals surface area contributed by atoms with E-state index in [1.807, 2.05) is 5.41 Å². The SMILES string of the molecule is COCC1=CSC2C(OC)C(=O)N2C1C(=O)OC(C)(C)C. The minimum absolute atomic E-state index is 0.180. The maximum Gasteiger partial charge on any atom is 0.333 e. The Bertz CT molecular complexity index is 470. The molecule has 6 nitrogen and oxygen atoms in total. The van der Waals surface area contributed by atoms with Gasteiger partial charge < -0.3 is 19.1 Å². The van der Waals surface area contributed by atoms with Crippen LogP contribution in [0.1, 0.15) is 20.8 Å². The van der Waals surface area contributed by atoms with Crippen molar-refractivity contribution in [3.63, 3.8) is 0 Å². The molecule has 0 aliphatic carbocycles. The molecule has 0 aromatic carbocycles. The highest BCUT2D eigenvalue weighted by atomic mass is 32.2. The van der Waals surface area contributed by atoms with E-state index in [4.69, 9.17) is 14.2 Å². The minimum Gasteiger partial charge on any atom is -0.458 e. The highest BCUT2D eigenvalue weighted by molar-refractivity contribution is 8.02. The van der Waals surface area contributed by atoms with E-state index in [1.165, 1.54) is 23.8 Å². The first-order valence-corrected chi connectivity index (χ1v) is 7.65. The molecule has 2 rings (SSSR count). The van der Waals surface area contributed by atoms with Gasteiger partial charge in [0.1, 0.15) is 11.0 Å². The third kappa shape index (κ3) is 3.09. The highest BCUT2D eigenvalue weighted by Gasteiger charge is 2.56. The Morgan fingerprint density at radius 3 is 2.57 bits per heavy atom. The number of ether oxygens (including phenoxy) is 3. The van der Waals surface area contributed by atoms with E-state index >= 15 is 0 Å². The third-order valence-corrected chi connectivity index (χ3v) is 4.41. The molecule has 2 aliphatic rings. The molecule has 0 bridgehead atoms. The summed E-state index contributed by atoms with van der Waals surface area (Å²) in [4.78, 5) is 26.2. The normalized spacial score (nSPS) is 28.6. The minimum atomic E-state index is -0.727. The molecule has 0 N–H and O–H groups in total. The number of β-lactam (4-membered cyclic amide) rings is 1. The van der Waals surface area contributed by atoms with E-state index in [2.05, 4.69) is 0 Å². The van der Waals surface area contributed by atoms with Gasteiger partial charge in [0, 0.05) is 14.2 Å². The lowest BCUT2D eigenvalue weighted by atomic mass is 9.99. The fourth-order valence-corrected chi connectivity index (χ4v) is 3.63. The second-order valence-corrected chi connectivity index (χ2v) is 6.98. The van der Waals surface area contributed by atoms with Gasteiger partial charge in [-0.05, 0) is 31.8 Å². The lowest BCUT2D eigenvalue weighted by Gasteiger charge is -2.51. The molecule has 0 spiro atoms. The van der Waals surface area contributed by atoms with Crippen LogP contribution < -0.4 is 0 Å². The summed E-state index contributed by atoms with van der Waals surface area (Å²) >= 11 is 1.47. The van der Waals surface area contributed by atoms with Crippen molar-refractivity contribution in [1.82, 2.24) is 4.90 Å². The van der Waals surface area contributed by atoms with Crippen molar-refractivity contribution >= 4 is 23.6 Å². The Hall–Kier alpha value is -1.05. The molecule has 3 unspecified atom stereocenters. The van der Waals surface area contributed by atoms with Crippen molar-refractivity contribution in [3.8, 4) is 0 Å². The van der Waals surface area contributed by atoms with Crippen LogP contribution in [0.5, 0.6) is 0 Å². The summed E-state index contributed by atoms with van der Waals surface area (Å²) < 4.78 is 15.7. The molecule has 118 valence electrons. The number of amides is 1. The predicted molar refractivity (Wildman–Crippen MR) is 78.6 cm³/mol. The van der Waals surface area contributed by atoms with Crippen molar-refractivity contribution in [1.29, 1.82) is 0 Å². The molecule has 0 radical (unpaired) electrons. The van der Waals surface area contributed by atoms with Gasteiger partial charge in [-0.2, -0.15) is 0 Å². The second-order valence-electron chi connectivity index (χ2n) is 5.99. The summed E-state index contributed by atoms with van der Waals surface area (Å²) in [6, 6.07) is -0.727. The van der Waals surface area contributed by atoms with E-state index < -0.39 is 23.7 Å². The molecule has 1 amide bonds. The number of thioether (sulfide) groups is 1. The summed E-state index contributed by atoms with van der Waals surface area (Å²) in [5, 5.41) is 1.69. The van der Waals surface area contributed by atoms with Gasteiger partial charge in [0.25, 0.3) is 5.91 Å². The molecule has 3 atom stereocenters. The topological polar surface area (TPSA) is 65.1 Å². The average molecular weight is 315 g/mol. The van der Waals surface area contributed by atoms with E-state index in [0.717, 1.165) is 5.57 Å². The van der Waals surface area contributed by atoms with Crippen molar-refractivity contribution in [2.45, 2.75) is 43.9 Å². The molecule has 2 aliphatic heterocycles. The van der Waals surface area contributed by atoms with Gasteiger partial charge in [0.2, 0.25) is 0 Å². The monoisotopic (exact) mass is 315 g/mol. The summed E-state index contributed by atoms with van der Waals surface area (Å²) in [6.45, 7) is 5.69. The van der Waals surface area contributed by atoms with Crippen LogP contribution >= 0.6 is 11.8 Å². The van der Waals surface area contributed by atoms with Crippen LogP contribution in [0.4, 0.5) is 0 Å². The van der Waals surface area contributed by atoms with Gasteiger partial charge in [-0.3, -0.25) is 4.79 Å². The number of carbonyl (C=O) groups is 2. The second kappa shape index (κ2) is 5.98. The quantitative estimate of drug-likeness (QED) is 0.573. The van der Waals surface area contributed by atoms with E-state index in [0.29, 0.717) is 0 Å². The Balaban J connectivity index is 2.25. The number of nitrogens with zero attached hydrogens (tertiary/aromatic N) is 1. The Labute approximate surface area is 128 Å². The Morgan fingerprint density at radius 2 is 2.05 bits per heavy atom. The molecular formula is C14H21NO5S. The molecule has 0 aromatic heterocycles. The zero-order chi connectivity index (χ0) is 15.8. The van der Waals surface area contributed by atoms with E-state index in [9.17, 15) is 9.59 Å². The largest absolute Gasteiger partial charge is 0.458 e. The van der Waals surface area contributed by atoms with Gasteiger partial charge in [0.15, 0.2) is 12.1 Å². The number of methoxy groups -OCH3 is 2. The lowest BCUT2D eigenvalue weighted by molar-refractivity contribution is -0.178. The number of carbonyl (C=O) groups excluding carboxylic acids is 2. The van der Waals surface area contributed by atoms with Gasteiger partial charge >= 0.3 is 5.97 Å². The summed E-state index contributed by atoms with van der Waals surface area (Å²) in [5.41, 5.74) is 0.125. The first-order chi connectivity index (χ1) is 9.80. The van der Waals surface area contributed by atoms with Crippen LogP contribution in [0, 0.1) is 0 Å². The first-order valence-electron chi connectivity index (χ1n) is 6.71. The van der Waals surface area contributed by atoms with Crippen molar-refractivity contribution < 1.29 is 23.8 Å². The molecule has 1 saturated heterocycles. The Morgan fingerprint density at radius 1 is 1.38 bits per heavy atom. The predicted octanol–water partition coefficient (Wildman–Crippen LogP) is 1.16. The van der Waals surface area contributed by atoms with Gasteiger partial charge in [-0.1, -0.05) is 0 Å². The zero-order valence-electron chi connectivity index (χ0n) is 12.9. The fraction of sp³-hybridized carbons (Fsp3) is 0.714. The standard InChI is InChI=1S/C14H21NO5S/c1-14(2,3)20-13(17)9-8(6-18-4)7-21-12-10(19-5)11(16)15(9)12/h7,9-10,12H,6H2,1-5H3. The molecule has 7 heteroatoms. The van der Waals surface area contributed by atoms with Crippen LogP contribution in [-0.4, -0.2) is 60.7 Å². The van der Waals surface area contributed by atoms with Gasteiger partial charge in [-0.25, -0.2) is 4.79 Å². The maximum absolute atomic E-state index is 12.5. The molecule has 21 heavy (non-hydrogen) atoms. The first kappa shape index (κ1) is 16.3. The van der Waals surface area contributed by atoms with Crippen LogP contribution in [-0.2, 0) is 23.8 Å². The van der Waals surface area contributed by atoms with Crippen LogP contribution in [0.2, 0.25) is 0 Å². The van der Waals surface area contributed by atoms with Crippen molar-refractivity contribution in [2.24, 2.45) is 0 Å². The summed E-state index contributed by atoms with van der Waals surface area (Å²) in [7, 11) is 3.05. The number of rotatable bonds is 4. The number of hydrogen-bond acceptors (Lipinski definition) is 6. The van der Waals surface area contributed by atoms with Crippen LogP contribution in [0.15, 0.2) is 11.0 Å². The van der Waals surface area contributed by atoms with Crippen molar-refractivity contribution in [3.05, 3.63) is 11.0 Å². The molecule has 0 saturated carbocycles. The maximum atomic E-state index is 12.5. The summed E-state index contributed by atoms with van der Waals surface area (Å²) in [6.07, 6.45) is -0.500. The van der Waals surface area contributed by atoms with Crippen molar-refractivity contribution in [2.75, 3.05) is 20.8 Å². The molecule has 1 fully saturated rings. The smallest absolute Gasteiger partial charge is 0.333 e. The van der Waals surface area contributed by atoms with E-state index in [-0.39, 0.29) is 17.9 Å². The summed E-state index contributed by atoms with van der Waals surface area (Å²) in [5.74, 6) is -0.619. The molecule has 0 aromatic rings. The van der Waals surface area contributed by atoms with E-state index in [1.54, 1.807) is 27.9 Å². The highest BCUT2D eigenvalue weighted by Crippen LogP contribution is 2.41. The fourth-order valence-electron chi connectivity index (χ4n) is 2.39. The van der Waals surface area contributed by atoms with Gasteiger partial charge in [0.05, 0.1) is 6.61 Å². The lowest BCUT2D eigenvalue weighted by Crippen LogP contribution is -2.70. The Kier molecular flexibility index (Phi) is 4.65. The zero-order valence-corrected chi connectivity index (χ0v) is 13.7. The van der Waals surface area contributed by atoms with Crippen LogP contribution in [0.25, 0.3) is 0 Å². The number of fused-ring (bicyclic) bond motifs is 1. The number of hydrogen-bond donors (Lipinski definition) is 0. The molecule has 2 heterocycles. The molecular weight excluding hydrogens is 294 g/mol.